The van der Waals surface area contributed by atoms with Crippen LogP contribution in [0.1, 0.15) is 29.6 Å². The molecule has 1 fully saturated rings. The van der Waals surface area contributed by atoms with Crippen LogP contribution in [-0.4, -0.2) is 41.5 Å². The fourth-order valence-electron chi connectivity index (χ4n) is 3.59. The van der Waals surface area contributed by atoms with Gasteiger partial charge >= 0.3 is 5.97 Å². The fourth-order valence-corrected chi connectivity index (χ4v) is 3.82. The van der Waals surface area contributed by atoms with E-state index < -0.39 is 5.97 Å². The van der Waals surface area contributed by atoms with E-state index in [-0.39, 0.29) is 12.5 Å². The molecule has 0 atom stereocenters. The quantitative estimate of drug-likeness (QED) is 0.586. The second-order valence-corrected chi connectivity index (χ2v) is 7.48. The lowest BCUT2D eigenvalue weighted by molar-refractivity contribution is -0.135. The largest absolute Gasteiger partial charge is 0.452 e. The lowest BCUT2D eigenvalue weighted by atomic mass is 10.0. The molecule has 0 saturated carbocycles. The van der Waals surface area contributed by atoms with Crippen molar-refractivity contribution in [2.24, 2.45) is 0 Å². The Morgan fingerprint density at radius 1 is 1.00 bits per heavy atom. The van der Waals surface area contributed by atoms with E-state index in [9.17, 15) is 9.59 Å². The van der Waals surface area contributed by atoms with Crippen LogP contribution in [0.4, 0.5) is 0 Å². The minimum absolute atomic E-state index is 0.150. The summed E-state index contributed by atoms with van der Waals surface area (Å²) >= 11 is 6.32. The van der Waals surface area contributed by atoms with Gasteiger partial charge in [-0.15, -0.1) is 0 Å². The molecule has 4 rings (SSSR count). The number of carbonyl (C=O) groups excluding carboxylic acids is 2. The van der Waals surface area contributed by atoms with Crippen molar-refractivity contribution in [2.75, 3.05) is 19.7 Å². The number of benzene rings is 2. The first-order valence-corrected chi connectivity index (χ1v) is 10.1. The Bertz CT molecular complexity index is 1060. The van der Waals surface area contributed by atoms with Crippen LogP contribution in [-0.2, 0) is 9.53 Å². The molecule has 0 aliphatic carbocycles. The van der Waals surface area contributed by atoms with Gasteiger partial charge in [0.15, 0.2) is 6.61 Å². The molecule has 1 aliphatic rings. The number of amides is 1. The average molecular weight is 409 g/mol. The molecule has 1 aromatic heterocycles. The van der Waals surface area contributed by atoms with Crippen molar-refractivity contribution in [3.05, 3.63) is 65.2 Å². The number of hydrogen-bond acceptors (Lipinski definition) is 4. The maximum absolute atomic E-state index is 12.9. The molecule has 0 unspecified atom stereocenters. The highest BCUT2D eigenvalue weighted by molar-refractivity contribution is 6.33. The summed E-state index contributed by atoms with van der Waals surface area (Å²) in [5.41, 5.74) is 2.36. The third-order valence-corrected chi connectivity index (χ3v) is 5.45. The van der Waals surface area contributed by atoms with Crippen LogP contribution in [0.15, 0.2) is 54.6 Å². The highest BCUT2D eigenvalue weighted by atomic mass is 35.5. The van der Waals surface area contributed by atoms with E-state index in [0.717, 1.165) is 37.9 Å². The van der Waals surface area contributed by atoms with Crippen molar-refractivity contribution < 1.29 is 14.3 Å². The summed E-state index contributed by atoms with van der Waals surface area (Å²) in [5, 5.41) is 1.23. The molecule has 3 aromatic rings. The van der Waals surface area contributed by atoms with Crippen molar-refractivity contribution in [2.45, 2.75) is 19.3 Å². The van der Waals surface area contributed by atoms with E-state index in [0.29, 0.717) is 27.2 Å². The minimum Gasteiger partial charge on any atom is -0.452 e. The smallest absolute Gasteiger partial charge is 0.339 e. The average Bonchev–Trinajstić information content (AvgIpc) is 2.77. The molecule has 2 aromatic carbocycles. The molecule has 148 valence electrons. The Hall–Kier alpha value is -2.92. The lowest BCUT2D eigenvalue weighted by Crippen LogP contribution is -2.38. The molecule has 2 heterocycles. The van der Waals surface area contributed by atoms with E-state index in [1.54, 1.807) is 17.0 Å². The molecule has 0 spiro atoms. The Labute approximate surface area is 174 Å². The van der Waals surface area contributed by atoms with Crippen molar-refractivity contribution in [3.8, 4) is 11.3 Å². The van der Waals surface area contributed by atoms with Crippen molar-refractivity contribution in [1.29, 1.82) is 0 Å². The van der Waals surface area contributed by atoms with Crippen LogP contribution in [0.5, 0.6) is 0 Å². The zero-order valence-electron chi connectivity index (χ0n) is 15.9. The number of ether oxygens (including phenoxy) is 1. The van der Waals surface area contributed by atoms with E-state index in [1.165, 1.54) is 0 Å². The van der Waals surface area contributed by atoms with Crippen LogP contribution >= 0.6 is 11.6 Å². The van der Waals surface area contributed by atoms with Crippen LogP contribution in [0.3, 0.4) is 0 Å². The maximum Gasteiger partial charge on any atom is 0.339 e. The molecule has 1 amide bonds. The van der Waals surface area contributed by atoms with Gasteiger partial charge in [-0.25, -0.2) is 9.78 Å². The number of hydrogen-bond donors (Lipinski definition) is 0. The van der Waals surface area contributed by atoms with Gasteiger partial charge in [-0.05, 0) is 37.5 Å². The van der Waals surface area contributed by atoms with Gasteiger partial charge in [-0.1, -0.05) is 48.0 Å². The van der Waals surface area contributed by atoms with Crippen molar-refractivity contribution in [1.82, 2.24) is 9.88 Å². The summed E-state index contributed by atoms with van der Waals surface area (Å²) < 4.78 is 5.38. The van der Waals surface area contributed by atoms with Gasteiger partial charge in [-0.3, -0.25) is 4.79 Å². The topological polar surface area (TPSA) is 59.5 Å². The van der Waals surface area contributed by atoms with Crippen molar-refractivity contribution >= 4 is 34.4 Å². The maximum atomic E-state index is 12.9. The molecular weight excluding hydrogens is 388 g/mol. The van der Waals surface area contributed by atoms with Gasteiger partial charge < -0.3 is 9.64 Å². The fraction of sp³-hybridized carbons (Fsp3) is 0.261. The van der Waals surface area contributed by atoms with E-state index in [2.05, 4.69) is 4.98 Å². The number of rotatable bonds is 4. The number of nitrogens with zero attached hydrogens (tertiary/aromatic N) is 2. The zero-order chi connectivity index (χ0) is 20.2. The number of para-hydroxylation sites is 1. The van der Waals surface area contributed by atoms with Crippen LogP contribution in [0, 0.1) is 0 Å². The van der Waals surface area contributed by atoms with Gasteiger partial charge in [0.05, 0.1) is 16.8 Å². The summed E-state index contributed by atoms with van der Waals surface area (Å²) in [6, 6.07) is 16.4. The molecule has 29 heavy (non-hydrogen) atoms. The first-order chi connectivity index (χ1) is 14.1. The number of aromatic nitrogens is 1. The van der Waals surface area contributed by atoms with Gasteiger partial charge in [0.2, 0.25) is 0 Å². The minimum atomic E-state index is -0.540. The number of piperidine rings is 1. The Balaban J connectivity index is 1.62. The Kier molecular flexibility index (Phi) is 5.76. The molecular formula is C23H21ClN2O3. The number of halogens is 1. The van der Waals surface area contributed by atoms with Gasteiger partial charge in [0.25, 0.3) is 5.91 Å². The zero-order valence-corrected chi connectivity index (χ0v) is 16.7. The number of likely N-dealkylation sites (tertiary alicyclic amines) is 1. The van der Waals surface area contributed by atoms with Crippen LogP contribution < -0.4 is 0 Å². The predicted molar refractivity (Wildman–Crippen MR) is 113 cm³/mol. The molecule has 5 nitrogen and oxygen atoms in total. The second kappa shape index (κ2) is 8.62. The third-order valence-electron chi connectivity index (χ3n) is 5.12. The highest BCUT2D eigenvalue weighted by Gasteiger charge is 2.20. The lowest BCUT2D eigenvalue weighted by Gasteiger charge is -2.26. The standard InChI is InChI=1S/C23H21ClN2O3/c24-19-10-4-2-9-17(19)21-14-18(16-8-3-5-11-20(16)25-21)23(28)29-15-22(27)26-12-6-1-7-13-26/h2-5,8-11,14H,1,6-7,12-13,15H2. The normalized spacial score (nSPS) is 14.0. The molecule has 0 bridgehead atoms. The summed E-state index contributed by atoms with van der Waals surface area (Å²) in [6.45, 7) is 1.20. The number of esters is 1. The summed E-state index contributed by atoms with van der Waals surface area (Å²) in [4.78, 5) is 31.6. The van der Waals surface area contributed by atoms with Crippen LogP contribution in [0.25, 0.3) is 22.2 Å². The SMILES string of the molecule is O=C(OCC(=O)N1CCCCC1)c1cc(-c2ccccc2Cl)nc2ccccc12. The molecule has 1 saturated heterocycles. The van der Waals surface area contributed by atoms with E-state index in [4.69, 9.17) is 16.3 Å². The summed E-state index contributed by atoms with van der Waals surface area (Å²) in [5.74, 6) is -0.690. The van der Waals surface area contributed by atoms with Gasteiger partial charge in [0, 0.05) is 29.1 Å². The second-order valence-electron chi connectivity index (χ2n) is 7.07. The summed E-state index contributed by atoms with van der Waals surface area (Å²) in [6.07, 6.45) is 3.13. The molecule has 6 heteroatoms. The van der Waals surface area contributed by atoms with Crippen LogP contribution in [0.2, 0.25) is 5.02 Å². The Morgan fingerprint density at radius 3 is 2.52 bits per heavy atom. The molecule has 1 aliphatic heterocycles. The monoisotopic (exact) mass is 408 g/mol. The number of carbonyl (C=O) groups is 2. The number of fused-ring (bicyclic) bond motifs is 1. The highest BCUT2D eigenvalue weighted by Crippen LogP contribution is 2.30. The van der Waals surface area contributed by atoms with Gasteiger partial charge in [0.1, 0.15) is 0 Å². The first-order valence-electron chi connectivity index (χ1n) is 9.73. The predicted octanol–water partition coefficient (Wildman–Crippen LogP) is 4.72. The van der Waals surface area contributed by atoms with Gasteiger partial charge in [-0.2, -0.15) is 0 Å². The summed E-state index contributed by atoms with van der Waals surface area (Å²) in [7, 11) is 0. The first kappa shape index (κ1) is 19.4. The van der Waals surface area contributed by atoms with E-state index in [1.807, 2.05) is 42.5 Å². The number of pyridine rings is 1. The Morgan fingerprint density at radius 2 is 1.72 bits per heavy atom. The molecule has 0 radical (unpaired) electrons. The van der Waals surface area contributed by atoms with E-state index >= 15 is 0 Å². The van der Waals surface area contributed by atoms with Crippen molar-refractivity contribution in [3.63, 3.8) is 0 Å². The molecule has 0 N–H and O–H groups in total. The third kappa shape index (κ3) is 4.25.